The van der Waals surface area contributed by atoms with E-state index in [1.54, 1.807) is 0 Å². The van der Waals surface area contributed by atoms with Crippen LogP contribution in [0.2, 0.25) is 0 Å². The molecule has 94 valence electrons. The summed E-state index contributed by atoms with van der Waals surface area (Å²) in [7, 11) is 0. The van der Waals surface area contributed by atoms with Crippen molar-refractivity contribution in [1.82, 2.24) is 9.55 Å². The summed E-state index contributed by atoms with van der Waals surface area (Å²) >= 11 is 0. The van der Waals surface area contributed by atoms with Gasteiger partial charge in [-0.1, -0.05) is 19.8 Å². The standard InChI is InChI=1S/C14H22N2O/c1-2-13-15-9-10-16(13)11-12-5-8-14(17-12)6-3-4-7-14/h9-10,12H,2-8,11H2,1H3. The van der Waals surface area contributed by atoms with Crippen LogP contribution in [0.3, 0.4) is 0 Å². The smallest absolute Gasteiger partial charge is 0.108 e. The summed E-state index contributed by atoms with van der Waals surface area (Å²) in [6.45, 7) is 3.15. The number of nitrogens with zero attached hydrogens (tertiary/aromatic N) is 2. The minimum Gasteiger partial charge on any atom is -0.370 e. The lowest BCUT2D eigenvalue weighted by atomic mass is 9.98. The van der Waals surface area contributed by atoms with E-state index in [9.17, 15) is 0 Å². The summed E-state index contributed by atoms with van der Waals surface area (Å²) < 4.78 is 8.60. The van der Waals surface area contributed by atoms with Crippen LogP contribution in [0, 0.1) is 0 Å². The maximum absolute atomic E-state index is 6.33. The van der Waals surface area contributed by atoms with Crippen LogP contribution >= 0.6 is 0 Å². The zero-order valence-corrected chi connectivity index (χ0v) is 10.7. The molecule has 17 heavy (non-hydrogen) atoms. The summed E-state index contributed by atoms with van der Waals surface area (Å²) in [5.41, 5.74) is 0.262. The lowest BCUT2D eigenvalue weighted by molar-refractivity contribution is -0.0420. The molecule has 2 aliphatic rings. The van der Waals surface area contributed by atoms with Crippen molar-refractivity contribution in [1.29, 1.82) is 0 Å². The van der Waals surface area contributed by atoms with Gasteiger partial charge in [0.05, 0.1) is 18.2 Å². The van der Waals surface area contributed by atoms with Gasteiger partial charge in [0.2, 0.25) is 0 Å². The number of ether oxygens (including phenoxy) is 1. The molecule has 3 rings (SSSR count). The number of aromatic nitrogens is 2. The molecule has 1 saturated heterocycles. The van der Waals surface area contributed by atoms with Crippen molar-refractivity contribution in [2.45, 2.75) is 70.1 Å². The molecule has 0 N–H and O–H groups in total. The fraction of sp³-hybridized carbons (Fsp3) is 0.786. The molecule has 0 aromatic carbocycles. The van der Waals surface area contributed by atoms with E-state index >= 15 is 0 Å². The van der Waals surface area contributed by atoms with Crippen LogP contribution in [0.5, 0.6) is 0 Å². The Morgan fingerprint density at radius 2 is 2.24 bits per heavy atom. The Kier molecular flexibility index (Phi) is 2.95. The van der Waals surface area contributed by atoms with Gasteiger partial charge in [-0.05, 0) is 25.7 Å². The minimum absolute atomic E-state index is 0.262. The predicted molar refractivity (Wildman–Crippen MR) is 66.9 cm³/mol. The second kappa shape index (κ2) is 4.45. The fourth-order valence-corrected chi connectivity index (χ4v) is 3.45. The highest BCUT2D eigenvalue weighted by Gasteiger charge is 2.42. The van der Waals surface area contributed by atoms with Crippen LogP contribution in [0.15, 0.2) is 12.4 Å². The first-order valence-corrected chi connectivity index (χ1v) is 6.99. The molecule has 0 bridgehead atoms. The van der Waals surface area contributed by atoms with Crippen LogP contribution < -0.4 is 0 Å². The molecule has 0 radical (unpaired) electrons. The zero-order chi connectivity index (χ0) is 11.7. The van der Waals surface area contributed by atoms with E-state index in [0.717, 1.165) is 13.0 Å². The summed E-state index contributed by atoms with van der Waals surface area (Å²) in [5, 5.41) is 0. The average molecular weight is 234 g/mol. The number of imidazole rings is 1. The molecule has 3 nitrogen and oxygen atoms in total. The Morgan fingerprint density at radius 1 is 1.41 bits per heavy atom. The van der Waals surface area contributed by atoms with E-state index in [2.05, 4.69) is 22.7 Å². The highest BCUT2D eigenvalue weighted by atomic mass is 16.5. The molecular formula is C14H22N2O. The van der Waals surface area contributed by atoms with Gasteiger partial charge in [0, 0.05) is 18.8 Å². The molecule has 2 heterocycles. The van der Waals surface area contributed by atoms with E-state index in [1.807, 2.05) is 6.20 Å². The van der Waals surface area contributed by atoms with E-state index in [4.69, 9.17) is 4.74 Å². The van der Waals surface area contributed by atoms with E-state index in [0.29, 0.717) is 6.10 Å². The van der Waals surface area contributed by atoms with Gasteiger partial charge in [0.1, 0.15) is 5.82 Å². The normalized spacial score (nSPS) is 27.0. The van der Waals surface area contributed by atoms with Crippen LogP contribution in [-0.2, 0) is 17.7 Å². The van der Waals surface area contributed by atoms with Gasteiger partial charge in [-0.15, -0.1) is 0 Å². The van der Waals surface area contributed by atoms with Gasteiger partial charge >= 0.3 is 0 Å². The van der Waals surface area contributed by atoms with Crippen molar-refractivity contribution in [3.05, 3.63) is 18.2 Å². The Morgan fingerprint density at radius 3 is 3.00 bits per heavy atom. The molecule has 1 atom stereocenters. The quantitative estimate of drug-likeness (QED) is 0.804. The van der Waals surface area contributed by atoms with Crippen molar-refractivity contribution in [3.8, 4) is 0 Å². The second-order valence-corrected chi connectivity index (χ2v) is 5.52. The van der Waals surface area contributed by atoms with Crippen molar-refractivity contribution in [3.63, 3.8) is 0 Å². The maximum Gasteiger partial charge on any atom is 0.108 e. The van der Waals surface area contributed by atoms with E-state index in [-0.39, 0.29) is 5.60 Å². The summed E-state index contributed by atoms with van der Waals surface area (Å²) in [6, 6.07) is 0. The summed E-state index contributed by atoms with van der Waals surface area (Å²) in [6.07, 6.45) is 13.2. The Hall–Kier alpha value is -0.830. The average Bonchev–Trinajstić information content (AvgIpc) is 3.03. The number of aryl methyl sites for hydroxylation is 1. The molecule has 1 aliphatic carbocycles. The largest absolute Gasteiger partial charge is 0.370 e. The van der Waals surface area contributed by atoms with Crippen molar-refractivity contribution in [2.24, 2.45) is 0 Å². The first-order valence-electron chi connectivity index (χ1n) is 6.99. The van der Waals surface area contributed by atoms with E-state index in [1.165, 1.54) is 44.3 Å². The monoisotopic (exact) mass is 234 g/mol. The first kappa shape index (κ1) is 11.3. The maximum atomic E-state index is 6.33. The summed E-state index contributed by atoms with van der Waals surface area (Å²) in [5.74, 6) is 1.18. The van der Waals surface area contributed by atoms with Gasteiger partial charge in [0.25, 0.3) is 0 Å². The van der Waals surface area contributed by atoms with Crippen LogP contribution in [0.25, 0.3) is 0 Å². The molecule has 0 amide bonds. The van der Waals surface area contributed by atoms with Crippen LogP contribution in [0.1, 0.15) is 51.3 Å². The molecule has 1 aromatic heterocycles. The van der Waals surface area contributed by atoms with Gasteiger partial charge in [-0.25, -0.2) is 4.98 Å². The number of hydrogen-bond acceptors (Lipinski definition) is 2. The molecule has 3 heteroatoms. The predicted octanol–water partition coefficient (Wildman–Crippen LogP) is 2.94. The lowest BCUT2D eigenvalue weighted by Crippen LogP contribution is -2.26. The van der Waals surface area contributed by atoms with Crippen LogP contribution in [0.4, 0.5) is 0 Å². The van der Waals surface area contributed by atoms with Crippen LogP contribution in [-0.4, -0.2) is 21.3 Å². The molecule has 1 aromatic rings. The lowest BCUT2D eigenvalue weighted by Gasteiger charge is -2.24. The Labute approximate surface area is 103 Å². The second-order valence-electron chi connectivity index (χ2n) is 5.52. The molecule has 1 spiro atoms. The van der Waals surface area contributed by atoms with Crippen molar-refractivity contribution < 1.29 is 4.74 Å². The first-order chi connectivity index (χ1) is 8.31. The fourth-order valence-electron chi connectivity index (χ4n) is 3.45. The SMILES string of the molecule is CCc1nccn1CC1CCC2(CCCC2)O1. The Bertz CT molecular complexity index is 379. The molecule has 1 unspecified atom stereocenters. The third kappa shape index (κ3) is 2.13. The minimum atomic E-state index is 0.262. The molecule has 1 saturated carbocycles. The highest BCUT2D eigenvalue weighted by Crippen LogP contribution is 2.43. The highest BCUT2D eigenvalue weighted by molar-refractivity contribution is 4.96. The zero-order valence-electron chi connectivity index (χ0n) is 10.7. The number of hydrogen-bond donors (Lipinski definition) is 0. The third-order valence-corrected chi connectivity index (χ3v) is 4.37. The van der Waals surface area contributed by atoms with Gasteiger partial charge < -0.3 is 9.30 Å². The molecular weight excluding hydrogens is 212 g/mol. The number of rotatable bonds is 3. The van der Waals surface area contributed by atoms with E-state index < -0.39 is 0 Å². The van der Waals surface area contributed by atoms with Crippen molar-refractivity contribution in [2.75, 3.05) is 0 Å². The van der Waals surface area contributed by atoms with Gasteiger partial charge in [-0.3, -0.25) is 0 Å². The van der Waals surface area contributed by atoms with Gasteiger partial charge in [0.15, 0.2) is 0 Å². The third-order valence-electron chi connectivity index (χ3n) is 4.37. The molecule has 2 fully saturated rings. The molecule has 1 aliphatic heterocycles. The van der Waals surface area contributed by atoms with Crippen molar-refractivity contribution >= 4 is 0 Å². The topological polar surface area (TPSA) is 27.1 Å². The summed E-state index contributed by atoms with van der Waals surface area (Å²) in [4.78, 5) is 4.37. The van der Waals surface area contributed by atoms with Gasteiger partial charge in [-0.2, -0.15) is 0 Å². The Balaban J connectivity index is 1.64.